The van der Waals surface area contributed by atoms with Gasteiger partial charge in [-0.25, -0.2) is 0 Å². The number of hydrogen-bond donors (Lipinski definition) is 0. The van der Waals surface area contributed by atoms with Gasteiger partial charge in [0.05, 0.1) is 5.69 Å². The summed E-state index contributed by atoms with van der Waals surface area (Å²) in [6, 6.07) is 5.80. The maximum atomic E-state index is 12.9. The smallest absolute Gasteiger partial charge is 0.253 e. The van der Waals surface area contributed by atoms with Crippen LogP contribution in [0.25, 0.3) is 0 Å². The predicted molar refractivity (Wildman–Crippen MR) is 90.1 cm³/mol. The first kappa shape index (κ1) is 15.1. The quantitative estimate of drug-likeness (QED) is 0.853. The van der Waals surface area contributed by atoms with Crippen LogP contribution in [-0.4, -0.2) is 40.0 Å². The lowest BCUT2D eigenvalue weighted by Crippen LogP contribution is -2.39. The molecule has 2 aliphatic rings. The Balaban J connectivity index is 1.51. The molecule has 3 heterocycles. The molecule has 2 aliphatic heterocycles. The molecule has 1 saturated heterocycles. The van der Waals surface area contributed by atoms with Crippen LogP contribution < -0.4 is 4.74 Å². The number of ether oxygens (including phenoxy) is 1. The van der Waals surface area contributed by atoms with Crippen molar-refractivity contribution in [1.82, 2.24) is 14.9 Å². The highest BCUT2D eigenvalue weighted by Crippen LogP contribution is 2.31. The van der Waals surface area contributed by atoms with Crippen LogP contribution in [0.15, 0.2) is 36.8 Å². The fraction of sp³-hybridized carbons (Fsp3) is 0.421. The Morgan fingerprint density at radius 1 is 1.33 bits per heavy atom. The number of piperidine rings is 1. The number of benzene rings is 1. The van der Waals surface area contributed by atoms with E-state index in [1.165, 1.54) is 0 Å². The van der Waals surface area contributed by atoms with Crippen molar-refractivity contribution in [3.63, 3.8) is 0 Å². The van der Waals surface area contributed by atoms with E-state index in [9.17, 15) is 4.79 Å². The number of aromatic nitrogens is 2. The molecule has 2 aromatic rings. The molecule has 0 saturated carbocycles. The Morgan fingerprint density at radius 2 is 2.25 bits per heavy atom. The molecule has 1 amide bonds. The van der Waals surface area contributed by atoms with Gasteiger partial charge in [-0.1, -0.05) is 0 Å². The maximum Gasteiger partial charge on any atom is 0.253 e. The monoisotopic (exact) mass is 323 g/mol. The largest absolute Gasteiger partial charge is 0.490 e. The lowest BCUT2D eigenvalue weighted by molar-refractivity contribution is 0.0705. The zero-order valence-corrected chi connectivity index (χ0v) is 13.8. The standard InChI is InChI=1S/C19H21N3O2/c1-13-9-16-10-14(4-5-18(16)24-13)19(23)22-8-2-3-15(12-22)17-11-20-6-7-21-17/h4-7,10-11,13,15H,2-3,8-9,12H2,1H3/t13-,15-/m1/s1. The lowest BCUT2D eigenvalue weighted by Gasteiger charge is -2.32. The summed E-state index contributed by atoms with van der Waals surface area (Å²) in [5, 5.41) is 0. The second-order valence-electron chi connectivity index (χ2n) is 6.68. The van der Waals surface area contributed by atoms with Crippen molar-refractivity contribution < 1.29 is 9.53 Å². The van der Waals surface area contributed by atoms with Gasteiger partial charge in [0.2, 0.25) is 0 Å². The number of carbonyl (C=O) groups is 1. The van der Waals surface area contributed by atoms with Gasteiger partial charge in [-0.05, 0) is 43.5 Å². The van der Waals surface area contributed by atoms with E-state index >= 15 is 0 Å². The molecule has 0 aliphatic carbocycles. The fourth-order valence-corrected chi connectivity index (χ4v) is 3.66. The predicted octanol–water partition coefficient (Wildman–Crippen LogP) is 2.82. The Morgan fingerprint density at radius 3 is 3.08 bits per heavy atom. The van der Waals surface area contributed by atoms with Crippen molar-refractivity contribution in [2.75, 3.05) is 13.1 Å². The summed E-state index contributed by atoms with van der Waals surface area (Å²) in [6.45, 7) is 3.57. The molecule has 2 atom stereocenters. The van der Waals surface area contributed by atoms with Crippen LogP contribution in [0.5, 0.6) is 5.75 Å². The molecule has 0 bridgehead atoms. The number of amides is 1. The number of rotatable bonds is 2. The lowest BCUT2D eigenvalue weighted by atomic mass is 9.94. The van der Waals surface area contributed by atoms with Crippen LogP contribution in [0.1, 0.15) is 47.3 Å². The third-order valence-electron chi connectivity index (χ3n) is 4.85. The molecule has 5 nitrogen and oxygen atoms in total. The third-order valence-corrected chi connectivity index (χ3v) is 4.85. The second-order valence-corrected chi connectivity index (χ2v) is 6.68. The van der Waals surface area contributed by atoms with Crippen molar-refractivity contribution in [3.8, 4) is 5.75 Å². The van der Waals surface area contributed by atoms with Crippen LogP contribution in [-0.2, 0) is 6.42 Å². The van der Waals surface area contributed by atoms with Gasteiger partial charge in [0, 0.05) is 49.6 Å². The van der Waals surface area contributed by atoms with Crippen molar-refractivity contribution in [2.45, 2.75) is 38.2 Å². The summed E-state index contributed by atoms with van der Waals surface area (Å²) in [5.41, 5.74) is 2.87. The Kier molecular flexibility index (Phi) is 3.92. The normalized spacial score (nSPS) is 22.8. The summed E-state index contributed by atoms with van der Waals surface area (Å²) in [5.74, 6) is 1.29. The van der Waals surface area contributed by atoms with E-state index in [2.05, 4.69) is 16.9 Å². The molecule has 4 rings (SSSR count). The minimum atomic E-state index is 0.103. The SMILES string of the molecule is C[C@@H]1Cc2cc(C(=O)N3CCC[C@@H](c4cnccn4)C3)ccc2O1. The fourth-order valence-electron chi connectivity index (χ4n) is 3.66. The highest BCUT2D eigenvalue weighted by molar-refractivity contribution is 5.94. The summed E-state index contributed by atoms with van der Waals surface area (Å²) in [6.07, 6.45) is 8.34. The third kappa shape index (κ3) is 2.86. The molecular formula is C19H21N3O2. The Bertz CT molecular complexity index is 748. The van der Waals surface area contributed by atoms with Gasteiger partial charge in [0.15, 0.2) is 0 Å². The second kappa shape index (κ2) is 6.23. The Hall–Kier alpha value is -2.43. The molecule has 1 fully saturated rings. The zero-order chi connectivity index (χ0) is 16.5. The van der Waals surface area contributed by atoms with Crippen molar-refractivity contribution >= 4 is 5.91 Å². The van der Waals surface area contributed by atoms with E-state index in [0.29, 0.717) is 6.54 Å². The van der Waals surface area contributed by atoms with Gasteiger partial charge >= 0.3 is 0 Å². The van der Waals surface area contributed by atoms with E-state index in [4.69, 9.17) is 4.74 Å². The molecular weight excluding hydrogens is 302 g/mol. The molecule has 0 spiro atoms. The molecule has 124 valence electrons. The van der Waals surface area contributed by atoms with E-state index in [1.807, 2.05) is 29.3 Å². The van der Waals surface area contributed by atoms with Crippen molar-refractivity contribution in [2.24, 2.45) is 0 Å². The average Bonchev–Trinajstić information content (AvgIpc) is 3.01. The molecule has 1 aromatic carbocycles. The molecule has 0 radical (unpaired) electrons. The van der Waals surface area contributed by atoms with E-state index in [-0.39, 0.29) is 17.9 Å². The minimum Gasteiger partial charge on any atom is -0.490 e. The summed E-state index contributed by atoms with van der Waals surface area (Å²) in [4.78, 5) is 23.4. The first-order valence-corrected chi connectivity index (χ1v) is 8.55. The van der Waals surface area contributed by atoms with Gasteiger partial charge < -0.3 is 9.64 Å². The van der Waals surface area contributed by atoms with Crippen LogP contribution in [0, 0.1) is 0 Å². The van der Waals surface area contributed by atoms with Gasteiger partial charge in [-0.15, -0.1) is 0 Å². The van der Waals surface area contributed by atoms with E-state index in [1.54, 1.807) is 12.4 Å². The van der Waals surface area contributed by atoms with Crippen LogP contribution in [0.4, 0.5) is 0 Å². The number of nitrogens with zero attached hydrogens (tertiary/aromatic N) is 3. The zero-order valence-electron chi connectivity index (χ0n) is 13.8. The summed E-state index contributed by atoms with van der Waals surface area (Å²) >= 11 is 0. The number of likely N-dealkylation sites (tertiary alicyclic amines) is 1. The highest BCUT2D eigenvalue weighted by Gasteiger charge is 2.27. The van der Waals surface area contributed by atoms with E-state index < -0.39 is 0 Å². The van der Waals surface area contributed by atoms with Gasteiger partial charge in [-0.2, -0.15) is 0 Å². The molecule has 5 heteroatoms. The molecule has 1 aromatic heterocycles. The topological polar surface area (TPSA) is 55.3 Å². The first-order chi connectivity index (χ1) is 11.7. The van der Waals surface area contributed by atoms with Crippen LogP contribution in [0.2, 0.25) is 0 Å². The minimum absolute atomic E-state index is 0.103. The van der Waals surface area contributed by atoms with Crippen molar-refractivity contribution in [3.05, 3.63) is 53.6 Å². The number of hydrogen-bond acceptors (Lipinski definition) is 4. The Labute approximate surface area is 141 Å². The van der Waals surface area contributed by atoms with Crippen LogP contribution >= 0.6 is 0 Å². The van der Waals surface area contributed by atoms with Crippen LogP contribution in [0.3, 0.4) is 0 Å². The van der Waals surface area contributed by atoms with Gasteiger partial charge in [-0.3, -0.25) is 14.8 Å². The maximum absolute atomic E-state index is 12.9. The van der Waals surface area contributed by atoms with E-state index in [0.717, 1.165) is 48.4 Å². The first-order valence-electron chi connectivity index (χ1n) is 8.55. The van der Waals surface area contributed by atoms with Gasteiger partial charge in [0.1, 0.15) is 11.9 Å². The van der Waals surface area contributed by atoms with Gasteiger partial charge in [0.25, 0.3) is 5.91 Å². The number of carbonyl (C=O) groups excluding carboxylic acids is 1. The summed E-state index contributed by atoms with van der Waals surface area (Å²) < 4.78 is 5.72. The molecule has 0 unspecified atom stereocenters. The molecule has 0 N–H and O–H groups in total. The van der Waals surface area contributed by atoms with Crippen molar-refractivity contribution in [1.29, 1.82) is 0 Å². The number of fused-ring (bicyclic) bond motifs is 1. The summed E-state index contributed by atoms with van der Waals surface area (Å²) in [7, 11) is 0. The average molecular weight is 323 g/mol. The molecule has 24 heavy (non-hydrogen) atoms. The highest BCUT2D eigenvalue weighted by atomic mass is 16.5.